The number of aromatic nitrogens is 4. The number of H-pyrrole nitrogens is 1. The number of rotatable bonds is 2. The van der Waals surface area contributed by atoms with Crippen molar-refractivity contribution in [2.24, 2.45) is 7.05 Å². The molecule has 0 aromatic carbocycles. The summed E-state index contributed by atoms with van der Waals surface area (Å²) in [4.78, 5) is 13.2. The molecule has 0 radical (unpaired) electrons. The summed E-state index contributed by atoms with van der Waals surface area (Å²) in [6, 6.07) is 0. The van der Waals surface area contributed by atoms with Crippen LogP contribution in [-0.2, 0) is 11.8 Å². The zero-order chi connectivity index (χ0) is 16.8. The van der Waals surface area contributed by atoms with E-state index in [9.17, 15) is 0 Å². The molecule has 2 fully saturated rings. The first kappa shape index (κ1) is 15.4. The second kappa shape index (κ2) is 6.13. The minimum atomic E-state index is 0.551. The number of pyridine rings is 1. The maximum atomic E-state index is 5.55. The Bertz CT molecular complexity index is 897. The molecule has 25 heavy (non-hydrogen) atoms. The average molecular weight is 338 g/mol. The van der Waals surface area contributed by atoms with Gasteiger partial charge in [0.1, 0.15) is 17.0 Å². The Kier molecular flexibility index (Phi) is 3.77. The largest absolute Gasteiger partial charge is 0.381 e. The molecule has 5 nitrogen and oxygen atoms in total. The van der Waals surface area contributed by atoms with Gasteiger partial charge in [0.15, 0.2) is 0 Å². The van der Waals surface area contributed by atoms with E-state index in [1.165, 1.54) is 54.4 Å². The summed E-state index contributed by atoms with van der Waals surface area (Å²) < 4.78 is 7.84. The fourth-order valence-electron chi connectivity index (χ4n) is 4.82. The van der Waals surface area contributed by atoms with Crippen LogP contribution < -0.4 is 0 Å². The third-order valence-corrected chi connectivity index (χ3v) is 6.25. The third-order valence-electron chi connectivity index (χ3n) is 6.25. The van der Waals surface area contributed by atoms with E-state index < -0.39 is 0 Å². The smallest absolute Gasteiger partial charge is 0.139 e. The zero-order valence-electron chi connectivity index (χ0n) is 14.9. The maximum absolute atomic E-state index is 5.55. The summed E-state index contributed by atoms with van der Waals surface area (Å²) in [6.45, 7) is 1.71. The average Bonchev–Trinajstić information content (AvgIpc) is 3.25. The molecule has 0 unspecified atom stereocenters. The highest BCUT2D eigenvalue weighted by Gasteiger charge is 2.25. The predicted molar refractivity (Wildman–Crippen MR) is 99.0 cm³/mol. The highest BCUT2D eigenvalue weighted by atomic mass is 16.5. The zero-order valence-corrected chi connectivity index (χ0v) is 14.9. The Morgan fingerprint density at radius 3 is 2.68 bits per heavy atom. The monoisotopic (exact) mass is 338 g/mol. The van der Waals surface area contributed by atoms with Crippen molar-refractivity contribution >= 4 is 22.1 Å². The molecule has 0 bridgehead atoms. The van der Waals surface area contributed by atoms with E-state index in [2.05, 4.69) is 22.8 Å². The maximum Gasteiger partial charge on any atom is 0.139 e. The van der Waals surface area contributed by atoms with Crippen LogP contribution in [0.25, 0.3) is 22.1 Å². The van der Waals surface area contributed by atoms with Crippen molar-refractivity contribution in [2.45, 2.75) is 56.8 Å². The van der Waals surface area contributed by atoms with Crippen LogP contribution in [0, 0.1) is 0 Å². The topological polar surface area (TPSA) is 55.7 Å². The number of imidazole rings is 1. The minimum absolute atomic E-state index is 0.551. The van der Waals surface area contributed by atoms with Crippen molar-refractivity contribution in [1.29, 1.82) is 0 Å². The van der Waals surface area contributed by atoms with Crippen LogP contribution in [0.4, 0.5) is 0 Å². The van der Waals surface area contributed by atoms with Crippen molar-refractivity contribution in [3.63, 3.8) is 0 Å². The van der Waals surface area contributed by atoms with Crippen molar-refractivity contribution in [3.05, 3.63) is 23.8 Å². The van der Waals surface area contributed by atoms with Gasteiger partial charge in [-0.05, 0) is 37.2 Å². The second-order valence-corrected chi connectivity index (χ2v) is 7.71. The molecule has 4 heterocycles. The van der Waals surface area contributed by atoms with Gasteiger partial charge in [-0.3, -0.25) is 0 Å². The molecular weight excluding hydrogens is 312 g/mol. The van der Waals surface area contributed by atoms with Gasteiger partial charge in [-0.2, -0.15) is 0 Å². The van der Waals surface area contributed by atoms with Gasteiger partial charge in [-0.1, -0.05) is 19.3 Å². The van der Waals surface area contributed by atoms with Crippen molar-refractivity contribution < 1.29 is 4.74 Å². The van der Waals surface area contributed by atoms with Crippen LogP contribution in [0.15, 0.2) is 12.4 Å². The van der Waals surface area contributed by atoms with Crippen LogP contribution in [0.2, 0.25) is 0 Å². The van der Waals surface area contributed by atoms with Crippen LogP contribution in [0.1, 0.15) is 68.2 Å². The minimum Gasteiger partial charge on any atom is -0.381 e. The molecule has 0 spiro atoms. The number of hydrogen-bond donors (Lipinski definition) is 1. The van der Waals surface area contributed by atoms with Gasteiger partial charge in [0.25, 0.3) is 0 Å². The molecular formula is C20H26N4O. The summed E-state index contributed by atoms with van der Waals surface area (Å²) in [5, 5.41) is 1.24. The second-order valence-electron chi connectivity index (χ2n) is 7.71. The number of aromatic amines is 1. The van der Waals surface area contributed by atoms with E-state index in [1.807, 2.05) is 6.20 Å². The van der Waals surface area contributed by atoms with E-state index in [-0.39, 0.29) is 0 Å². The first-order chi connectivity index (χ1) is 12.3. The van der Waals surface area contributed by atoms with E-state index in [4.69, 9.17) is 14.7 Å². The molecule has 1 aliphatic heterocycles. The SMILES string of the molecule is Cn1c(C2CCCCC2)nc2c3c(C4CCOCC4)c[nH]c3ncc21. The molecule has 1 aliphatic carbocycles. The van der Waals surface area contributed by atoms with Crippen LogP contribution in [0.5, 0.6) is 0 Å². The molecule has 3 aromatic heterocycles. The van der Waals surface area contributed by atoms with E-state index in [0.717, 1.165) is 37.2 Å². The van der Waals surface area contributed by atoms with Gasteiger partial charge in [0, 0.05) is 32.4 Å². The highest BCUT2D eigenvalue weighted by Crippen LogP contribution is 2.38. The fraction of sp³-hybridized carbons (Fsp3) is 0.600. The van der Waals surface area contributed by atoms with Gasteiger partial charge in [-0.25, -0.2) is 9.97 Å². The Morgan fingerprint density at radius 1 is 1.08 bits per heavy atom. The van der Waals surface area contributed by atoms with Gasteiger partial charge in [0.05, 0.1) is 17.1 Å². The molecule has 5 heteroatoms. The molecule has 1 saturated carbocycles. The Labute approximate surface area is 147 Å². The first-order valence-corrected chi connectivity index (χ1v) is 9.73. The molecule has 5 rings (SSSR count). The number of fused-ring (bicyclic) bond motifs is 3. The number of ether oxygens (including phenoxy) is 1. The summed E-state index contributed by atoms with van der Waals surface area (Å²) >= 11 is 0. The molecule has 0 amide bonds. The molecule has 3 aromatic rings. The fourth-order valence-corrected chi connectivity index (χ4v) is 4.82. The standard InChI is InChI=1S/C20H26N4O/c1-24-16-12-22-19-17(15(11-21-19)13-7-9-25-10-8-13)18(16)23-20(24)14-5-3-2-4-6-14/h11-14H,2-10H2,1H3,(H,21,22). The van der Waals surface area contributed by atoms with Crippen molar-refractivity contribution in [1.82, 2.24) is 19.5 Å². The summed E-state index contributed by atoms with van der Waals surface area (Å²) in [5.74, 6) is 2.41. The van der Waals surface area contributed by atoms with Gasteiger partial charge in [-0.15, -0.1) is 0 Å². The van der Waals surface area contributed by atoms with E-state index >= 15 is 0 Å². The molecule has 1 N–H and O–H groups in total. The summed E-state index contributed by atoms with van der Waals surface area (Å²) in [6.07, 6.45) is 12.9. The molecule has 132 valence electrons. The lowest BCUT2D eigenvalue weighted by Gasteiger charge is -2.21. The quantitative estimate of drug-likeness (QED) is 0.754. The van der Waals surface area contributed by atoms with Crippen LogP contribution in [0.3, 0.4) is 0 Å². The molecule has 2 aliphatic rings. The normalized spacial score (nSPS) is 20.7. The lowest BCUT2D eigenvalue weighted by Crippen LogP contribution is -2.13. The number of nitrogens with zero attached hydrogens (tertiary/aromatic N) is 3. The van der Waals surface area contributed by atoms with E-state index in [1.54, 1.807) is 0 Å². The number of aryl methyl sites for hydroxylation is 1. The van der Waals surface area contributed by atoms with E-state index in [0.29, 0.717) is 11.8 Å². The van der Waals surface area contributed by atoms with Crippen LogP contribution in [-0.4, -0.2) is 32.7 Å². The lowest BCUT2D eigenvalue weighted by molar-refractivity contribution is 0.0856. The summed E-state index contributed by atoms with van der Waals surface area (Å²) in [7, 11) is 2.16. The first-order valence-electron chi connectivity index (χ1n) is 9.73. The summed E-state index contributed by atoms with van der Waals surface area (Å²) in [5.41, 5.74) is 4.66. The van der Waals surface area contributed by atoms with Crippen molar-refractivity contribution in [3.8, 4) is 0 Å². The van der Waals surface area contributed by atoms with Gasteiger partial charge >= 0.3 is 0 Å². The molecule has 0 atom stereocenters. The Balaban J connectivity index is 1.67. The number of hydrogen-bond acceptors (Lipinski definition) is 3. The lowest BCUT2D eigenvalue weighted by atomic mass is 9.89. The molecule has 1 saturated heterocycles. The van der Waals surface area contributed by atoms with Gasteiger partial charge < -0.3 is 14.3 Å². The Hall–Kier alpha value is -1.88. The van der Waals surface area contributed by atoms with Gasteiger partial charge in [0.2, 0.25) is 0 Å². The third kappa shape index (κ3) is 2.48. The van der Waals surface area contributed by atoms with Crippen LogP contribution >= 0.6 is 0 Å². The Morgan fingerprint density at radius 2 is 1.88 bits per heavy atom. The predicted octanol–water partition coefficient (Wildman–Crippen LogP) is 4.39. The number of nitrogens with one attached hydrogen (secondary N) is 1. The highest BCUT2D eigenvalue weighted by molar-refractivity contribution is 6.03. The van der Waals surface area contributed by atoms with Crippen molar-refractivity contribution in [2.75, 3.05) is 13.2 Å².